The number of hydrogen-bond acceptors (Lipinski definition) is 4. The topological polar surface area (TPSA) is 57.0 Å². The zero-order valence-corrected chi connectivity index (χ0v) is 11.2. The first-order chi connectivity index (χ1) is 8.33. The molecule has 0 unspecified atom stereocenters. The molecule has 1 aromatic rings. The molecule has 5 heteroatoms. The van der Waals surface area contributed by atoms with E-state index in [0.717, 1.165) is 42.7 Å². The Kier molecular flexibility index (Phi) is 3.14. The molecule has 1 saturated carbocycles. The molecule has 1 aromatic carbocycles. The minimum atomic E-state index is -0.0995. The first kappa shape index (κ1) is 11.2. The molecule has 1 aliphatic heterocycles. The Morgan fingerprint density at radius 2 is 2.00 bits per heavy atom. The van der Waals surface area contributed by atoms with Crippen molar-refractivity contribution in [3.63, 3.8) is 0 Å². The van der Waals surface area contributed by atoms with Crippen LogP contribution in [-0.4, -0.2) is 31.8 Å². The van der Waals surface area contributed by atoms with Crippen LogP contribution in [0, 0.1) is 0 Å². The van der Waals surface area contributed by atoms with Gasteiger partial charge < -0.3 is 0 Å². The molecule has 1 fully saturated rings. The summed E-state index contributed by atoms with van der Waals surface area (Å²) in [5.41, 5.74) is 3.15. The van der Waals surface area contributed by atoms with Gasteiger partial charge in [0.1, 0.15) is 0 Å². The van der Waals surface area contributed by atoms with Crippen molar-refractivity contribution >= 4 is 31.6 Å². The van der Waals surface area contributed by atoms with Crippen LogP contribution in [0.5, 0.6) is 0 Å². The van der Waals surface area contributed by atoms with Gasteiger partial charge >= 0.3 is 106 Å². The van der Waals surface area contributed by atoms with E-state index < -0.39 is 0 Å². The van der Waals surface area contributed by atoms with E-state index in [1.165, 1.54) is 0 Å². The van der Waals surface area contributed by atoms with E-state index in [9.17, 15) is 5.11 Å². The van der Waals surface area contributed by atoms with Gasteiger partial charge in [0.25, 0.3) is 0 Å². The van der Waals surface area contributed by atoms with Crippen LogP contribution >= 0.6 is 0 Å². The van der Waals surface area contributed by atoms with Crippen LogP contribution < -0.4 is 5.32 Å². The predicted molar refractivity (Wildman–Crippen MR) is 68.3 cm³/mol. The van der Waals surface area contributed by atoms with Crippen LogP contribution in [-0.2, 0) is 0 Å². The van der Waals surface area contributed by atoms with Crippen LogP contribution in [0.4, 0.5) is 17.1 Å². The van der Waals surface area contributed by atoms with Gasteiger partial charge in [0.15, 0.2) is 0 Å². The number of nitrogens with zero attached hydrogens (tertiary/aromatic N) is 2. The Balaban J connectivity index is 1.74. The van der Waals surface area contributed by atoms with Gasteiger partial charge in [-0.15, -0.1) is 0 Å². The van der Waals surface area contributed by atoms with Gasteiger partial charge in [-0.3, -0.25) is 0 Å². The van der Waals surface area contributed by atoms with E-state index in [4.69, 9.17) is 0 Å². The summed E-state index contributed by atoms with van der Waals surface area (Å²) in [6.45, 7) is 0. The van der Waals surface area contributed by atoms with Gasteiger partial charge in [0.2, 0.25) is 0 Å². The Bertz CT molecular complexity index is 489. The Labute approximate surface area is 106 Å². The molecule has 1 aliphatic carbocycles. The third-order valence-electron chi connectivity index (χ3n) is 3.34. The molecule has 17 heavy (non-hydrogen) atoms. The van der Waals surface area contributed by atoms with Gasteiger partial charge in [-0.2, -0.15) is 0 Å². The number of nitrogens with one attached hydrogen (secondary N) is 1. The number of hydrogen-bond donors (Lipinski definition) is 2. The molecule has 3 rings (SSSR count). The summed E-state index contributed by atoms with van der Waals surface area (Å²) in [5.74, 6) is 0. The molecule has 2 N–H and O–H groups in total. The first-order valence-corrected chi connectivity index (χ1v) is 7.52. The van der Waals surface area contributed by atoms with Crippen molar-refractivity contribution in [1.29, 1.82) is 0 Å². The number of fused-ring (bicyclic) bond motifs is 1. The van der Waals surface area contributed by atoms with Crippen molar-refractivity contribution in [3.05, 3.63) is 18.2 Å². The SMILES string of the molecule is OC1CCC(Nc2cccc3c2N=[Se]=N3)CC1. The first-order valence-electron chi connectivity index (χ1n) is 5.99. The number of rotatable bonds is 2. The second-order valence-corrected chi connectivity index (χ2v) is 5.70. The van der Waals surface area contributed by atoms with Crippen molar-refractivity contribution in [3.8, 4) is 0 Å². The minimum absolute atomic E-state index is 0.0306. The second kappa shape index (κ2) is 4.76. The van der Waals surface area contributed by atoms with E-state index in [0.29, 0.717) is 6.04 Å². The quantitative estimate of drug-likeness (QED) is 0.837. The fourth-order valence-corrected chi connectivity index (χ4v) is 3.52. The molecular formula is C12H15N3OSe. The summed E-state index contributed by atoms with van der Waals surface area (Å²) in [5, 5.41) is 13.0. The zero-order valence-electron chi connectivity index (χ0n) is 9.47. The molecule has 0 saturated heterocycles. The molecule has 0 spiro atoms. The van der Waals surface area contributed by atoms with Crippen LogP contribution in [0.15, 0.2) is 26.1 Å². The van der Waals surface area contributed by atoms with Gasteiger partial charge in [-0.1, -0.05) is 0 Å². The fourth-order valence-electron chi connectivity index (χ4n) is 2.36. The fraction of sp³-hybridized carbons (Fsp3) is 0.500. The maximum atomic E-state index is 9.49. The molecule has 0 amide bonds. The average Bonchev–Trinajstić information content (AvgIpc) is 2.81. The summed E-state index contributed by atoms with van der Waals surface area (Å²) in [6.07, 6.45) is 3.77. The summed E-state index contributed by atoms with van der Waals surface area (Å²) in [6, 6.07) is 6.58. The third-order valence-corrected chi connectivity index (χ3v) is 4.48. The summed E-state index contributed by atoms with van der Waals surface area (Å²) in [7, 11) is 0. The zero-order chi connectivity index (χ0) is 11.7. The third kappa shape index (κ3) is 2.36. The summed E-state index contributed by atoms with van der Waals surface area (Å²) < 4.78 is 8.84. The molecule has 0 aromatic heterocycles. The van der Waals surface area contributed by atoms with Crippen LogP contribution in [0.25, 0.3) is 0 Å². The summed E-state index contributed by atoms with van der Waals surface area (Å²) in [4.78, 5) is 0. The van der Waals surface area contributed by atoms with E-state index in [-0.39, 0.29) is 20.7 Å². The van der Waals surface area contributed by atoms with Crippen LogP contribution in [0.1, 0.15) is 25.7 Å². The molecule has 1 heterocycles. The van der Waals surface area contributed by atoms with E-state index in [1.807, 2.05) is 12.1 Å². The van der Waals surface area contributed by atoms with Gasteiger partial charge in [-0.25, -0.2) is 0 Å². The number of anilines is 1. The molecule has 0 radical (unpaired) electrons. The van der Waals surface area contributed by atoms with E-state index in [1.54, 1.807) is 0 Å². The van der Waals surface area contributed by atoms with E-state index in [2.05, 4.69) is 19.3 Å². The molecule has 2 aliphatic rings. The monoisotopic (exact) mass is 297 g/mol. The molecule has 4 nitrogen and oxygen atoms in total. The second-order valence-electron chi connectivity index (χ2n) is 4.59. The van der Waals surface area contributed by atoms with E-state index >= 15 is 0 Å². The van der Waals surface area contributed by atoms with Crippen molar-refractivity contribution in [1.82, 2.24) is 0 Å². The molecular weight excluding hydrogens is 281 g/mol. The van der Waals surface area contributed by atoms with Gasteiger partial charge in [0.05, 0.1) is 0 Å². The average molecular weight is 296 g/mol. The number of aliphatic hydroxyl groups is 1. The standard InChI is InChI=1S/C12H15N3OSe/c16-9-6-4-8(5-7-9)13-10-2-1-3-11-12(10)15-17-14-11/h1-3,8-9,13,16H,4-7H2. The predicted octanol–water partition coefficient (Wildman–Crippen LogP) is 2.75. The van der Waals surface area contributed by atoms with Crippen LogP contribution in [0.3, 0.4) is 0 Å². The Morgan fingerprint density at radius 1 is 1.18 bits per heavy atom. The number of benzene rings is 1. The summed E-state index contributed by atoms with van der Waals surface area (Å²) >= 11 is 0.0306. The Morgan fingerprint density at radius 3 is 2.82 bits per heavy atom. The van der Waals surface area contributed by atoms with Crippen molar-refractivity contribution in [2.24, 2.45) is 7.92 Å². The van der Waals surface area contributed by atoms with Crippen LogP contribution in [0.2, 0.25) is 0 Å². The maximum absolute atomic E-state index is 9.49. The molecule has 90 valence electrons. The van der Waals surface area contributed by atoms with Crippen molar-refractivity contribution < 1.29 is 5.11 Å². The van der Waals surface area contributed by atoms with Gasteiger partial charge in [0, 0.05) is 0 Å². The van der Waals surface area contributed by atoms with Crippen molar-refractivity contribution in [2.45, 2.75) is 37.8 Å². The number of aliphatic hydroxyl groups excluding tert-OH is 1. The Hall–Kier alpha value is -0.901. The molecule has 0 atom stereocenters. The van der Waals surface area contributed by atoms with Gasteiger partial charge in [-0.05, 0) is 0 Å². The normalized spacial score (nSPS) is 26.4. The molecule has 0 bridgehead atoms. The van der Waals surface area contributed by atoms with Crippen molar-refractivity contribution in [2.75, 3.05) is 5.32 Å².